The van der Waals surface area contributed by atoms with Crippen molar-refractivity contribution >= 4 is 23.8 Å². The predicted molar refractivity (Wildman–Crippen MR) is 99.9 cm³/mol. The quantitative estimate of drug-likeness (QED) is 0.458. The number of nitrogens with one attached hydrogen (secondary N) is 1. The highest BCUT2D eigenvalue weighted by Gasteiger charge is 2.45. The molecule has 144 valence electrons. The largest absolute Gasteiger partial charge is 0.481 e. The van der Waals surface area contributed by atoms with E-state index in [4.69, 9.17) is 5.11 Å². The summed E-state index contributed by atoms with van der Waals surface area (Å²) in [7, 11) is 0. The van der Waals surface area contributed by atoms with E-state index in [9.17, 15) is 14.7 Å². The van der Waals surface area contributed by atoms with Crippen molar-refractivity contribution in [1.82, 2.24) is 10.2 Å². The maximum Gasteiger partial charge on any atom is 0.318 e. The van der Waals surface area contributed by atoms with Crippen LogP contribution < -0.4 is 5.32 Å². The minimum absolute atomic E-state index is 0.00471. The number of carbonyl (C=O) groups is 2. The summed E-state index contributed by atoms with van der Waals surface area (Å²) < 4.78 is 0. The van der Waals surface area contributed by atoms with Crippen LogP contribution in [0.25, 0.3) is 0 Å². The number of nitrogens with zero attached hydrogens (tertiary/aromatic N) is 1. The monoisotopic (exact) mass is 372 g/mol. The van der Waals surface area contributed by atoms with Gasteiger partial charge in [-0.05, 0) is 37.9 Å². The number of carboxylic acids is 1. The van der Waals surface area contributed by atoms with Crippen molar-refractivity contribution in [2.75, 3.05) is 12.3 Å². The van der Waals surface area contributed by atoms with Crippen molar-refractivity contribution in [3.63, 3.8) is 0 Å². The zero-order valence-electron chi connectivity index (χ0n) is 15.2. The second kappa shape index (κ2) is 10.3. The Morgan fingerprint density at radius 2 is 2.12 bits per heavy atom. The molecule has 2 fully saturated rings. The number of unbranched alkanes of at least 4 members (excludes halogenated alkanes) is 2. The molecular formula is C18H32N2O4S. The van der Waals surface area contributed by atoms with Gasteiger partial charge in [0.1, 0.15) is 0 Å². The molecule has 25 heavy (non-hydrogen) atoms. The molecule has 0 spiro atoms. The minimum atomic E-state index is -0.736. The van der Waals surface area contributed by atoms with Crippen LogP contribution in [0.2, 0.25) is 0 Å². The molecular weight excluding hydrogens is 340 g/mol. The van der Waals surface area contributed by atoms with Gasteiger partial charge in [0.2, 0.25) is 0 Å². The van der Waals surface area contributed by atoms with Crippen LogP contribution in [0, 0.1) is 0 Å². The number of aliphatic hydroxyl groups excluding tert-OH is 1. The Balaban J connectivity index is 1.70. The Morgan fingerprint density at radius 3 is 2.84 bits per heavy atom. The minimum Gasteiger partial charge on any atom is -0.481 e. The molecule has 1 saturated carbocycles. The normalized spacial score (nSPS) is 26.6. The lowest BCUT2D eigenvalue weighted by atomic mass is 10.1. The maximum atomic E-state index is 12.2. The Labute approximate surface area is 154 Å². The molecule has 4 atom stereocenters. The van der Waals surface area contributed by atoms with Gasteiger partial charge >= 0.3 is 12.0 Å². The van der Waals surface area contributed by atoms with Crippen molar-refractivity contribution in [2.45, 2.75) is 88.1 Å². The summed E-state index contributed by atoms with van der Waals surface area (Å²) >= 11 is 1.83. The Hall–Kier alpha value is -0.950. The van der Waals surface area contributed by atoms with Crippen LogP contribution in [0.5, 0.6) is 0 Å². The van der Waals surface area contributed by atoms with Gasteiger partial charge in [0.05, 0.1) is 18.2 Å². The molecule has 2 amide bonds. The third kappa shape index (κ3) is 6.37. The van der Waals surface area contributed by atoms with Crippen molar-refractivity contribution in [1.29, 1.82) is 0 Å². The predicted octanol–water partition coefficient (Wildman–Crippen LogP) is 2.84. The number of hydrogen-bond acceptors (Lipinski definition) is 4. The average Bonchev–Trinajstić information content (AvgIpc) is 3.06. The number of carboxylic acid groups (broad SMARTS) is 1. The number of thioether (sulfide) groups is 1. The number of rotatable bonds is 12. The molecule has 2 aliphatic rings. The Kier molecular flexibility index (Phi) is 8.36. The number of amides is 2. The van der Waals surface area contributed by atoms with Crippen molar-refractivity contribution in [2.24, 2.45) is 0 Å². The van der Waals surface area contributed by atoms with Gasteiger partial charge in [-0.3, -0.25) is 4.79 Å². The summed E-state index contributed by atoms with van der Waals surface area (Å²) in [5.74, 6) is 0.125. The second-order valence-corrected chi connectivity index (χ2v) is 8.62. The number of urea groups is 1. The highest BCUT2D eigenvalue weighted by Crippen LogP contribution is 2.36. The molecule has 1 unspecified atom stereocenters. The van der Waals surface area contributed by atoms with Crippen LogP contribution in [0.1, 0.15) is 64.7 Å². The lowest BCUT2D eigenvalue weighted by Crippen LogP contribution is -2.36. The lowest BCUT2D eigenvalue weighted by Gasteiger charge is -2.24. The molecule has 7 heteroatoms. The number of hydrogen-bond donors (Lipinski definition) is 3. The molecule has 1 aliphatic heterocycles. The van der Waals surface area contributed by atoms with E-state index < -0.39 is 5.97 Å². The maximum absolute atomic E-state index is 12.2. The van der Waals surface area contributed by atoms with E-state index in [1.807, 2.05) is 16.7 Å². The molecule has 6 nitrogen and oxygen atoms in total. The highest BCUT2D eigenvalue weighted by atomic mass is 32.2. The Morgan fingerprint density at radius 1 is 1.32 bits per heavy atom. The molecule has 0 aromatic rings. The van der Waals surface area contributed by atoms with Gasteiger partial charge in [-0.2, -0.15) is 11.8 Å². The third-order valence-corrected chi connectivity index (χ3v) is 6.57. The van der Waals surface area contributed by atoms with Crippen molar-refractivity contribution in [3.8, 4) is 0 Å². The van der Waals surface area contributed by atoms with Gasteiger partial charge in [-0.15, -0.1) is 0 Å². The van der Waals surface area contributed by atoms with Crippen LogP contribution in [0.3, 0.4) is 0 Å². The van der Waals surface area contributed by atoms with E-state index in [1.54, 1.807) is 0 Å². The molecule has 1 heterocycles. The first-order valence-electron chi connectivity index (χ1n) is 9.59. The van der Waals surface area contributed by atoms with Gasteiger partial charge in [-0.25, -0.2) is 4.79 Å². The molecule has 0 radical (unpaired) electrons. The van der Waals surface area contributed by atoms with Gasteiger partial charge in [0, 0.05) is 18.2 Å². The number of carbonyl (C=O) groups excluding carboxylic acids is 1. The summed E-state index contributed by atoms with van der Waals surface area (Å²) in [6.45, 7) is 2.77. The second-order valence-electron chi connectivity index (χ2n) is 7.22. The number of aliphatic hydroxyl groups is 1. The van der Waals surface area contributed by atoms with Gasteiger partial charge in [0.25, 0.3) is 0 Å². The summed E-state index contributed by atoms with van der Waals surface area (Å²) in [5, 5.41) is 22.3. The van der Waals surface area contributed by atoms with E-state index in [-0.39, 0.29) is 30.6 Å². The fraction of sp³-hybridized carbons (Fsp3) is 0.889. The van der Waals surface area contributed by atoms with E-state index >= 15 is 0 Å². The van der Waals surface area contributed by atoms with E-state index in [1.165, 1.54) is 0 Å². The zero-order chi connectivity index (χ0) is 18.2. The first-order chi connectivity index (χ1) is 12.0. The van der Waals surface area contributed by atoms with E-state index in [0.717, 1.165) is 44.3 Å². The lowest BCUT2D eigenvalue weighted by molar-refractivity contribution is -0.137. The summed E-state index contributed by atoms with van der Waals surface area (Å²) in [4.78, 5) is 24.6. The van der Waals surface area contributed by atoms with Crippen LogP contribution in [-0.4, -0.2) is 62.8 Å². The number of fused-ring (bicyclic) bond motifs is 1. The standard InChI is InChI=1S/C18H32N2O4S/c1-2-3-4-6-13(21)8-9-20-16-12-14(11-15(16)19-18(20)24)25-10-5-7-17(22)23/h13-16,21H,2-12H2,1H3,(H,19,24)(H,22,23)/t13?,14-,15+,16-/m1/s1. The molecule has 3 N–H and O–H groups in total. The van der Waals surface area contributed by atoms with Crippen LogP contribution in [-0.2, 0) is 4.79 Å². The molecule has 0 aromatic carbocycles. The fourth-order valence-electron chi connectivity index (χ4n) is 3.80. The first-order valence-corrected chi connectivity index (χ1v) is 10.6. The van der Waals surface area contributed by atoms with Crippen LogP contribution >= 0.6 is 11.8 Å². The van der Waals surface area contributed by atoms with Crippen molar-refractivity contribution in [3.05, 3.63) is 0 Å². The van der Waals surface area contributed by atoms with Gasteiger partial charge in [0.15, 0.2) is 0 Å². The molecule has 1 saturated heterocycles. The van der Waals surface area contributed by atoms with Crippen molar-refractivity contribution < 1.29 is 19.8 Å². The summed E-state index contributed by atoms with van der Waals surface area (Å²) in [5.41, 5.74) is 0. The van der Waals surface area contributed by atoms with Gasteiger partial charge < -0.3 is 20.4 Å². The molecule has 2 rings (SSSR count). The van der Waals surface area contributed by atoms with E-state index in [0.29, 0.717) is 24.6 Å². The SMILES string of the molecule is CCCCCC(O)CCN1C(=O)N[C@H]2C[C@@H](SCCCC(=O)O)C[C@H]21. The van der Waals surface area contributed by atoms with Crippen LogP contribution in [0.15, 0.2) is 0 Å². The summed E-state index contributed by atoms with van der Waals surface area (Å²) in [6.07, 6.45) is 7.35. The smallest absolute Gasteiger partial charge is 0.318 e. The summed E-state index contributed by atoms with van der Waals surface area (Å²) in [6, 6.07) is 0.444. The molecule has 0 aromatic heterocycles. The third-order valence-electron chi connectivity index (χ3n) is 5.19. The Bertz CT molecular complexity index is 449. The van der Waals surface area contributed by atoms with E-state index in [2.05, 4.69) is 12.2 Å². The number of aliphatic carboxylic acids is 1. The molecule has 0 bridgehead atoms. The zero-order valence-corrected chi connectivity index (χ0v) is 16.0. The average molecular weight is 373 g/mol. The highest BCUT2D eigenvalue weighted by molar-refractivity contribution is 7.99. The fourth-order valence-corrected chi connectivity index (χ4v) is 5.12. The molecule has 1 aliphatic carbocycles. The van der Waals surface area contributed by atoms with Crippen LogP contribution in [0.4, 0.5) is 4.79 Å². The van der Waals surface area contributed by atoms with Gasteiger partial charge in [-0.1, -0.05) is 26.2 Å². The topological polar surface area (TPSA) is 89.9 Å². The first kappa shape index (κ1) is 20.4.